The van der Waals surface area contributed by atoms with Gasteiger partial charge in [0.25, 0.3) is 5.91 Å². The van der Waals surface area contributed by atoms with Gasteiger partial charge in [-0.15, -0.1) is 0 Å². The summed E-state index contributed by atoms with van der Waals surface area (Å²) in [4.78, 5) is 24.0. The van der Waals surface area contributed by atoms with Gasteiger partial charge in [0.1, 0.15) is 12.4 Å². The molecule has 98 valence electrons. The summed E-state index contributed by atoms with van der Waals surface area (Å²) in [7, 11) is 0. The molecule has 1 rings (SSSR count). The maximum Gasteiger partial charge on any atom is 0.323 e. The normalized spacial score (nSPS) is 10.4. The van der Waals surface area contributed by atoms with Crippen molar-refractivity contribution in [1.82, 2.24) is 4.90 Å². The highest BCUT2D eigenvalue weighted by Gasteiger charge is 2.19. The van der Waals surface area contributed by atoms with Gasteiger partial charge in [-0.2, -0.15) is 0 Å². The van der Waals surface area contributed by atoms with Gasteiger partial charge in [-0.3, -0.25) is 9.59 Å². The van der Waals surface area contributed by atoms with Crippen LogP contribution < -0.4 is 0 Å². The summed E-state index contributed by atoms with van der Waals surface area (Å²) >= 11 is 0. The summed E-state index contributed by atoms with van der Waals surface area (Å²) in [6.07, 6.45) is 0. The van der Waals surface area contributed by atoms with E-state index in [1.54, 1.807) is 0 Å². The molecule has 18 heavy (non-hydrogen) atoms. The average Bonchev–Trinajstić information content (AvgIpc) is 2.26. The van der Waals surface area contributed by atoms with Crippen LogP contribution in [0.3, 0.4) is 0 Å². The largest absolute Gasteiger partial charge is 0.480 e. The first kappa shape index (κ1) is 14.2. The van der Waals surface area contributed by atoms with Crippen molar-refractivity contribution >= 4 is 11.9 Å². The number of hydrogen-bond donors (Lipinski definition) is 1. The van der Waals surface area contributed by atoms with Gasteiger partial charge in [0.2, 0.25) is 0 Å². The molecule has 0 atom stereocenters. The van der Waals surface area contributed by atoms with Crippen molar-refractivity contribution in [2.45, 2.75) is 13.8 Å². The van der Waals surface area contributed by atoms with E-state index >= 15 is 0 Å². The third-order valence-electron chi connectivity index (χ3n) is 2.27. The number of aliphatic carboxylic acids is 1. The van der Waals surface area contributed by atoms with E-state index in [-0.39, 0.29) is 18.0 Å². The van der Waals surface area contributed by atoms with Gasteiger partial charge in [0.15, 0.2) is 0 Å². The second-order valence-electron chi connectivity index (χ2n) is 4.48. The number of carboxylic acid groups (broad SMARTS) is 1. The first-order valence-electron chi connectivity index (χ1n) is 5.66. The molecule has 0 aliphatic carbocycles. The molecule has 4 nitrogen and oxygen atoms in total. The Hall–Kier alpha value is -1.91. The van der Waals surface area contributed by atoms with Crippen LogP contribution in [0.4, 0.5) is 4.39 Å². The Morgan fingerprint density at radius 1 is 1.39 bits per heavy atom. The minimum absolute atomic E-state index is 0.141. The maximum atomic E-state index is 13.0. The van der Waals surface area contributed by atoms with Crippen molar-refractivity contribution in [3.05, 3.63) is 35.6 Å². The quantitative estimate of drug-likeness (QED) is 0.873. The van der Waals surface area contributed by atoms with Gasteiger partial charge < -0.3 is 10.0 Å². The molecule has 0 unspecified atom stereocenters. The van der Waals surface area contributed by atoms with E-state index in [2.05, 4.69) is 0 Å². The van der Waals surface area contributed by atoms with Gasteiger partial charge in [-0.05, 0) is 24.1 Å². The Labute approximate surface area is 105 Å². The average molecular weight is 253 g/mol. The molecular weight excluding hydrogens is 237 g/mol. The molecule has 0 aromatic heterocycles. The highest BCUT2D eigenvalue weighted by Crippen LogP contribution is 2.09. The van der Waals surface area contributed by atoms with Crippen LogP contribution in [0.25, 0.3) is 0 Å². The number of halogens is 1. The third-order valence-corrected chi connectivity index (χ3v) is 2.27. The summed E-state index contributed by atoms with van der Waals surface area (Å²) < 4.78 is 13.0. The first-order valence-corrected chi connectivity index (χ1v) is 5.66. The molecular formula is C13H16FNO3. The predicted molar refractivity (Wildman–Crippen MR) is 64.8 cm³/mol. The Kier molecular flexibility index (Phi) is 4.83. The first-order chi connectivity index (χ1) is 8.40. The summed E-state index contributed by atoms with van der Waals surface area (Å²) in [5, 5.41) is 8.78. The van der Waals surface area contributed by atoms with Crippen molar-refractivity contribution in [2.75, 3.05) is 13.1 Å². The molecule has 0 saturated carbocycles. The smallest absolute Gasteiger partial charge is 0.323 e. The fourth-order valence-electron chi connectivity index (χ4n) is 1.63. The van der Waals surface area contributed by atoms with Crippen molar-refractivity contribution in [2.24, 2.45) is 5.92 Å². The van der Waals surface area contributed by atoms with Gasteiger partial charge in [-0.1, -0.05) is 19.9 Å². The molecule has 0 bridgehead atoms. The molecule has 0 aliphatic heterocycles. The Morgan fingerprint density at radius 2 is 2.06 bits per heavy atom. The zero-order chi connectivity index (χ0) is 13.7. The standard InChI is InChI=1S/C13H16FNO3/c1-9(2)7-15(8-12(16)17)13(18)10-4-3-5-11(14)6-10/h3-6,9H,7-8H2,1-2H3,(H,16,17). The number of carbonyl (C=O) groups excluding carboxylic acids is 1. The van der Waals surface area contributed by atoms with E-state index < -0.39 is 17.7 Å². The van der Waals surface area contributed by atoms with Crippen molar-refractivity contribution in [1.29, 1.82) is 0 Å². The van der Waals surface area contributed by atoms with Crippen molar-refractivity contribution in [3.8, 4) is 0 Å². The lowest BCUT2D eigenvalue weighted by molar-refractivity contribution is -0.137. The minimum Gasteiger partial charge on any atom is -0.480 e. The maximum absolute atomic E-state index is 13.0. The van der Waals surface area contributed by atoms with E-state index in [0.717, 1.165) is 6.07 Å². The van der Waals surface area contributed by atoms with Gasteiger partial charge in [0, 0.05) is 12.1 Å². The molecule has 0 radical (unpaired) electrons. The highest BCUT2D eigenvalue weighted by molar-refractivity contribution is 5.95. The second kappa shape index (κ2) is 6.14. The number of carboxylic acids is 1. The summed E-state index contributed by atoms with van der Waals surface area (Å²) in [5.74, 6) is -1.92. The minimum atomic E-state index is -1.08. The Bertz CT molecular complexity index is 446. The van der Waals surface area contributed by atoms with Gasteiger partial charge >= 0.3 is 5.97 Å². The molecule has 0 saturated heterocycles. The SMILES string of the molecule is CC(C)CN(CC(=O)O)C(=O)c1cccc(F)c1. The lowest BCUT2D eigenvalue weighted by atomic mass is 10.1. The number of rotatable bonds is 5. The number of nitrogens with zero attached hydrogens (tertiary/aromatic N) is 1. The number of carbonyl (C=O) groups is 2. The van der Waals surface area contributed by atoms with Crippen LogP contribution in [0, 0.1) is 11.7 Å². The van der Waals surface area contributed by atoms with E-state index in [9.17, 15) is 14.0 Å². The molecule has 1 aromatic carbocycles. The van der Waals surface area contributed by atoms with Crippen LogP contribution in [0.5, 0.6) is 0 Å². The summed E-state index contributed by atoms with van der Waals surface area (Å²) in [6.45, 7) is 3.70. The monoisotopic (exact) mass is 253 g/mol. The van der Waals surface area contributed by atoms with Crippen LogP contribution in [0.2, 0.25) is 0 Å². The lowest BCUT2D eigenvalue weighted by Gasteiger charge is -2.22. The Morgan fingerprint density at radius 3 is 2.56 bits per heavy atom. The zero-order valence-corrected chi connectivity index (χ0v) is 10.4. The molecule has 0 heterocycles. The topological polar surface area (TPSA) is 57.6 Å². The molecule has 0 spiro atoms. The van der Waals surface area contributed by atoms with Crippen molar-refractivity contribution < 1.29 is 19.1 Å². The van der Waals surface area contributed by atoms with Crippen molar-refractivity contribution in [3.63, 3.8) is 0 Å². The third kappa shape index (κ3) is 4.16. The van der Waals surface area contributed by atoms with Gasteiger partial charge in [0.05, 0.1) is 0 Å². The van der Waals surface area contributed by atoms with Crippen LogP contribution in [0.15, 0.2) is 24.3 Å². The van der Waals surface area contributed by atoms with E-state index in [0.29, 0.717) is 6.54 Å². The molecule has 0 fully saturated rings. The molecule has 1 amide bonds. The predicted octanol–water partition coefficient (Wildman–Crippen LogP) is 2.01. The number of benzene rings is 1. The van der Waals surface area contributed by atoms with Gasteiger partial charge in [-0.25, -0.2) is 4.39 Å². The van der Waals surface area contributed by atoms with E-state index in [1.165, 1.54) is 23.1 Å². The van der Waals surface area contributed by atoms with E-state index in [1.807, 2.05) is 13.8 Å². The fourth-order valence-corrected chi connectivity index (χ4v) is 1.63. The molecule has 0 aliphatic rings. The molecule has 5 heteroatoms. The summed E-state index contributed by atoms with van der Waals surface area (Å²) in [5.41, 5.74) is 0.164. The van der Waals surface area contributed by atoms with Crippen LogP contribution in [0.1, 0.15) is 24.2 Å². The van der Waals surface area contributed by atoms with Crippen LogP contribution in [-0.4, -0.2) is 35.0 Å². The molecule has 1 aromatic rings. The highest BCUT2D eigenvalue weighted by atomic mass is 19.1. The number of amides is 1. The zero-order valence-electron chi connectivity index (χ0n) is 10.4. The van der Waals surface area contributed by atoms with Crippen LogP contribution in [-0.2, 0) is 4.79 Å². The fraction of sp³-hybridized carbons (Fsp3) is 0.385. The second-order valence-corrected chi connectivity index (χ2v) is 4.48. The number of hydrogen-bond acceptors (Lipinski definition) is 2. The van der Waals surface area contributed by atoms with E-state index in [4.69, 9.17) is 5.11 Å². The molecule has 1 N–H and O–H groups in total. The van der Waals surface area contributed by atoms with Crippen LogP contribution >= 0.6 is 0 Å². The summed E-state index contributed by atoms with van der Waals surface area (Å²) in [6, 6.07) is 5.25. The Balaban J connectivity index is 2.90. The lowest BCUT2D eigenvalue weighted by Crippen LogP contribution is -2.38.